The van der Waals surface area contributed by atoms with Crippen LogP contribution in [0.15, 0.2) is 13.2 Å². The Kier molecular flexibility index (Phi) is 6.08. The Morgan fingerprint density at radius 1 is 1.20 bits per heavy atom. The van der Waals surface area contributed by atoms with Crippen LogP contribution < -0.4 is 5.32 Å². The van der Waals surface area contributed by atoms with Gasteiger partial charge in [-0.3, -0.25) is 4.79 Å². The molecule has 58 valence electrons. The molecule has 1 saturated heterocycles. The molecular weight excluding hydrogens is 126 g/mol. The van der Waals surface area contributed by atoms with Gasteiger partial charge in [0.2, 0.25) is 0 Å². The van der Waals surface area contributed by atoms with Gasteiger partial charge in [-0.25, -0.2) is 0 Å². The summed E-state index contributed by atoms with van der Waals surface area (Å²) in [7, 11) is 0. The molecule has 0 unspecified atom stereocenters. The average molecular weight is 141 g/mol. The maximum Gasteiger partial charge on any atom is 0.134 e. The Hall–Kier alpha value is -0.630. The molecule has 10 heavy (non-hydrogen) atoms. The van der Waals surface area contributed by atoms with Crippen LogP contribution >= 0.6 is 0 Å². The molecule has 1 aliphatic rings. The topological polar surface area (TPSA) is 29.1 Å². The molecule has 1 aliphatic heterocycles. The summed E-state index contributed by atoms with van der Waals surface area (Å²) in [5, 5.41) is 3.16. The summed E-state index contributed by atoms with van der Waals surface area (Å²) >= 11 is 0. The highest BCUT2D eigenvalue weighted by Crippen LogP contribution is 1.96. The van der Waals surface area contributed by atoms with E-state index in [9.17, 15) is 4.79 Å². The molecule has 1 rings (SSSR count). The van der Waals surface area contributed by atoms with Crippen LogP contribution in [0.1, 0.15) is 19.3 Å². The van der Waals surface area contributed by atoms with E-state index in [1.807, 2.05) is 0 Å². The van der Waals surface area contributed by atoms with Gasteiger partial charge in [-0.05, 0) is 13.0 Å². The molecule has 1 fully saturated rings. The quantitative estimate of drug-likeness (QED) is 0.512. The van der Waals surface area contributed by atoms with Crippen LogP contribution in [0.2, 0.25) is 0 Å². The molecule has 0 saturated carbocycles. The predicted octanol–water partition coefficient (Wildman–Crippen LogP) is 1.13. The second-order valence-corrected chi connectivity index (χ2v) is 2.14. The van der Waals surface area contributed by atoms with Crippen molar-refractivity contribution in [3.63, 3.8) is 0 Å². The van der Waals surface area contributed by atoms with Gasteiger partial charge in [0.1, 0.15) is 5.78 Å². The van der Waals surface area contributed by atoms with E-state index in [4.69, 9.17) is 0 Å². The lowest BCUT2D eigenvalue weighted by atomic mass is 10.2. The van der Waals surface area contributed by atoms with E-state index in [1.165, 1.54) is 0 Å². The summed E-state index contributed by atoms with van der Waals surface area (Å²) in [6, 6.07) is 0. The lowest BCUT2D eigenvalue weighted by molar-refractivity contribution is -0.118. The highest BCUT2D eigenvalue weighted by Gasteiger charge is 2.04. The largest absolute Gasteiger partial charge is 0.316 e. The molecule has 2 heteroatoms. The maximum atomic E-state index is 10.6. The van der Waals surface area contributed by atoms with Crippen molar-refractivity contribution in [2.75, 3.05) is 13.1 Å². The van der Waals surface area contributed by atoms with Gasteiger partial charge in [-0.15, -0.1) is 13.2 Å². The first-order valence-electron chi connectivity index (χ1n) is 3.62. The number of carbonyl (C=O) groups is 1. The highest BCUT2D eigenvalue weighted by molar-refractivity contribution is 5.78. The van der Waals surface area contributed by atoms with Crippen LogP contribution in [-0.4, -0.2) is 18.9 Å². The third kappa shape index (κ3) is 4.27. The standard InChI is InChI=1S/C6H11NO.C2H4/c8-6-2-1-4-7-5-3-6;1-2/h7H,1-5H2;1-2H2. The summed E-state index contributed by atoms with van der Waals surface area (Å²) in [5.41, 5.74) is 0. The van der Waals surface area contributed by atoms with Crippen molar-refractivity contribution in [2.45, 2.75) is 19.3 Å². The zero-order valence-corrected chi connectivity index (χ0v) is 6.36. The van der Waals surface area contributed by atoms with E-state index in [-0.39, 0.29) is 0 Å². The Bertz CT molecular complexity index is 91.4. The van der Waals surface area contributed by atoms with E-state index < -0.39 is 0 Å². The lowest BCUT2D eigenvalue weighted by Crippen LogP contribution is -2.13. The number of hydrogen-bond acceptors (Lipinski definition) is 2. The van der Waals surface area contributed by atoms with E-state index in [0.29, 0.717) is 5.78 Å². The Morgan fingerprint density at radius 3 is 2.60 bits per heavy atom. The summed E-state index contributed by atoms with van der Waals surface area (Å²) in [4.78, 5) is 10.6. The smallest absolute Gasteiger partial charge is 0.134 e. The van der Waals surface area contributed by atoms with E-state index in [2.05, 4.69) is 18.5 Å². The first-order valence-corrected chi connectivity index (χ1v) is 3.62. The summed E-state index contributed by atoms with van der Waals surface area (Å²) in [5.74, 6) is 0.412. The van der Waals surface area contributed by atoms with Crippen molar-refractivity contribution in [3.8, 4) is 0 Å². The van der Waals surface area contributed by atoms with Crippen LogP contribution in [0.3, 0.4) is 0 Å². The molecule has 0 spiro atoms. The molecule has 0 atom stereocenters. The molecule has 0 aromatic heterocycles. The summed E-state index contributed by atoms with van der Waals surface area (Å²) in [6.45, 7) is 7.91. The Labute approximate surface area is 62.3 Å². The molecule has 1 N–H and O–H groups in total. The molecule has 1 heterocycles. The minimum absolute atomic E-state index is 0.412. The van der Waals surface area contributed by atoms with Crippen LogP contribution in [0, 0.1) is 0 Å². The fourth-order valence-corrected chi connectivity index (χ4v) is 0.888. The van der Waals surface area contributed by atoms with E-state index >= 15 is 0 Å². The van der Waals surface area contributed by atoms with Gasteiger partial charge in [0, 0.05) is 19.4 Å². The third-order valence-electron chi connectivity index (χ3n) is 1.39. The number of rotatable bonds is 0. The number of ketones is 1. The molecule has 0 radical (unpaired) electrons. The van der Waals surface area contributed by atoms with Crippen molar-refractivity contribution in [1.29, 1.82) is 0 Å². The first-order chi connectivity index (χ1) is 4.89. The molecule has 0 aromatic rings. The number of carbonyl (C=O) groups excluding carboxylic acids is 1. The molecular formula is C8H15NO. The van der Waals surface area contributed by atoms with Crippen LogP contribution in [-0.2, 0) is 4.79 Å². The fourth-order valence-electron chi connectivity index (χ4n) is 0.888. The second kappa shape index (κ2) is 6.49. The molecule has 0 aromatic carbocycles. The zero-order valence-electron chi connectivity index (χ0n) is 6.36. The van der Waals surface area contributed by atoms with E-state index in [0.717, 1.165) is 32.4 Å². The molecule has 2 nitrogen and oxygen atoms in total. The number of hydrogen-bond donors (Lipinski definition) is 1. The summed E-state index contributed by atoms with van der Waals surface area (Å²) in [6.07, 6.45) is 2.55. The normalized spacial score (nSPS) is 18.6. The fraction of sp³-hybridized carbons (Fsp3) is 0.625. The number of nitrogens with one attached hydrogen (secondary N) is 1. The molecule has 0 bridgehead atoms. The minimum Gasteiger partial charge on any atom is -0.316 e. The summed E-state index contributed by atoms with van der Waals surface area (Å²) < 4.78 is 0. The van der Waals surface area contributed by atoms with Crippen molar-refractivity contribution >= 4 is 5.78 Å². The van der Waals surface area contributed by atoms with Gasteiger partial charge < -0.3 is 5.32 Å². The SMILES string of the molecule is C=C.O=C1CCCNCC1. The lowest BCUT2D eigenvalue weighted by Gasteiger charge is -1.91. The Morgan fingerprint density at radius 2 is 1.90 bits per heavy atom. The second-order valence-electron chi connectivity index (χ2n) is 2.14. The Balaban J connectivity index is 0.000000371. The van der Waals surface area contributed by atoms with Gasteiger partial charge >= 0.3 is 0 Å². The highest BCUT2D eigenvalue weighted by atomic mass is 16.1. The van der Waals surface area contributed by atoms with Crippen LogP contribution in [0.4, 0.5) is 0 Å². The average Bonchev–Trinajstić information content (AvgIpc) is 2.21. The van der Waals surface area contributed by atoms with Crippen molar-refractivity contribution in [3.05, 3.63) is 13.2 Å². The van der Waals surface area contributed by atoms with Gasteiger partial charge in [-0.1, -0.05) is 0 Å². The third-order valence-corrected chi connectivity index (χ3v) is 1.39. The number of Topliss-reactive ketones (excluding diaryl/α,β-unsaturated/α-hetero) is 1. The van der Waals surface area contributed by atoms with Gasteiger partial charge in [0.25, 0.3) is 0 Å². The minimum atomic E-state index is 0.412. The zero-order chi connectivity index (χ0) is 7.82. The van der Waals surface area contributed by atoms with Crippen LogP contribution in [0.25, 0.3) is 0 Å². The molecule has 0 amide bonds. The van der Waals surface area contributed by atoms with Crippen molar-refractivity contribution < 1.29 is 4.79 Å². The monoisotopic (exact) mass is 141 g/mol. The predicted molar refractivity (Wildman–Crippen MR) is 43.0 cm³/mol. The van der Waals surface area contributed by atoms with Crippen molar-refractivity contribution in [1.82, 2.24) is 5.32 Å². The first kappa shape index (κ1) is 9.37. The van der Waals surface area contributed by atoms with Gasteiger partial charge in [0.15, 0.2) is 0 Å². The van der Waals surface area contributed by atoms with E-state index in [1.54, 1.807) is 0 Å². The molecule has 0 aliphatic carbocycles. The van der Waals surface area contributed by atoms with Gasteiger partial charge in [0.05, 0.1) is 0 Å². The maximum absolute atomic E-state index is 10.6. The van der Waals surface area contributed by atoms with Gasteiger partial charge in [-0.2, -0.15) is 0 Å². The van der Waals surface area contributed by atoms with Crippen LogP contribution in [0.5, 0.6) is 0 Å². The van der Waals surface area contributed by atoms with Crippen molar-refractivity contribution in [2.24, 2.45) is 0 Å².